The Morgan fingerprint density at radius 3 is 2.47 bits per heavy atom. The van der Waals surface area contributed by atoms with E-state index in [1.54, 1.807) is 31.6 Å². The van der Waals surface area contributed by atoms with E-state index in [-0.39, 0.29) is 23.0 Å². The van der Waals surface area contributed by atoms with Crippen LogP contribution < -0.4 is 10.2 Å². The zero-order chi connectivity index (χ0) is 32.5. The number of carbonyl (C=O) groups excluding carboxylic acids is 2. The first kappa shape index (κ1) is 30.5. The Hall–Kier alpha value is -5.10. The van der Waals surface area contributed by atoms with E-state index in [4.69, 9.17) is 0 Å². The maximum atomic E-state index is 12.6. The predicted molar refractivity (Wildman–Crippen MR) is 173 cm³/mol. The first-order valence-electron chi connectivity index (χ1n) is 15.7. The molecule has 15 heteroatoms. The first-order valence-corrected chi connectivity index (χ1v) is 17.2. The highest BCUT2D eigenvalue weighted by Crippen LogP contribution is 2.31. The monoisotopic (exact) mass is 654 g/mol. The normalized spacial score (nSPS) is 17.3. The summed E-state index contributed by atoms with van der Waals surface area (Å²) in [5.41, 5.74) is 2.84. The molecule has 0 atom stereocenters. The largest absolute Gasteiger partial charge is 0.369 e. The zero-order valence-corrected chi connectivity index (χ0v) is 26.7. The van der Waals surface area contributed by atoms with Crippen LogP contribution in [0.1, 0.15) is 62.6 Å². The van der Waals surface area contributed by atoms with E-state index in [0.717, 1.165) is 46.8 Å². The molecule has 47 heavy (non-hydrogen) atoms. The Morgan fingerprint density at radius 2 is 1.72 bits per heavy atom. The predicted octanol–water partition coefficient (Wildman–Crippen LogP) is 2.77. The zero-order valence-electron chi connectivity index (χ0n) is 25.9. The van der Waals surface area contributed by atoms with Gasteiger partial charge in [0.05, 0.1) is 52.3 Å². The molecule has 0 radical (unpaired) electrons. The molecule has 4 aromatic heterocycles. The lowest BCUT2D eigenvalue weighted by molar-refractivity contribution is -0.130. The van der Waals surface area contributed by atoms with Gasteiger partial charge in [0.15, 0.2) is 5.82 Å². The van der Waals surface area contributed by atoms with Crippen molar-refractivity contribution in [1.29, 1.82) is 0 Å². The molecule has 2 saturated heterocycles. The van der Waals surface area contributed by atoms with E-state index < -0.39 is 10.0 Å². The van der Waals surface area contributed by atoms with E-state index >= 15 is 0 Å². The number of ketones is 1. The Morgan fingerprint density at radius 1 is 0.936 bits per heavy atom. The van der Waals surface area contributed by atoms with E-state index in [1.165, 1.54) is 12.4 Å². The molecule has 6 heterocycles. The summed E-state index contributed by atoms with van der Waals surface area (Å²) in [6.07, 6.45) is 13.8. The molecule has 0 bridgehead atoms. The van der Waals surface area contributed by atoms with Crippen LogP contribution >= 0.6 is 0 Å². The summed E-state index contributed by atoms with van der Waals surface area (Å²) >= 11 is 0. The van der Waals surface area contributed by atoms with Gasteiger partial charge in [0, 0.05) is 70.6 Å². The third kappa shape index (κ3) is 6.73. The summed E-state index contributed by atoms with van der Waals surface area (Å²) in [4.78, 5) is 41.2. The number of amides is 1. The number of aromatic nitrogens is 7. The Bertz CT molecular complexity index is 1990. The standard InChI is InChI=1S/C32H34N10O4S/c1-22(43)39-12-7-26(8-13-39)41-20-23(17-35-41)2-3-24-18-34-31(16-29(24)40-14-9-27(44)10-15-40)37-30-6-11-33-32(38-30)25-19-36-42(21-25)47(45,46)28-4-5-28/h6,11,16-21,26,28H,4-5,7-10,12-15H2,1H3,(H,33,34,37,38). The van der Waals surface area contributed by atoms with Gasteiger partial charge in [0.1, 0.15) is 17.4 Å². The quantitative estimate of drug-likeness (QED) is 0.292. The summed E-state index contributed by atoms with van der Waals surface area (Å²) in [6, 6.07) is 3.82. The van der Waals surface area contributed by atoms with Crippen molar-refractivity contribution in [2.75, 3.05) is 36.4 Å². The second-order valence-corrected chi connectivity index (χ2v) is 14.1. The number of nitrogens with one attached hydrogen (secondary N) is 1. The fourth-order valence-corrected chi connectivity index (χ4v) is 7.31. The molecular formula is C32H34N10O4S. The number of piperidine rings is 2. The minimum absolute atomic E-state index is 0.104. The van der Waals surface area contributed by atoms with Crippen LogP contribution in [0.15, 0.2) is 49.3 Å². The van der Waals surface area contributed by atoms with E-state index in [2.05, 4.69) is 47.2 Å². The lowest BCUT2D eigenvalue weighted by Crippen LogP contribution is -2.37. The van der Waals surface area contributed by atoms with Crippen LogP contribution in [0.25, 0.3) is 11.4 Å². The van der Waals surface area contributed by atoms with Gasteiger partial charge in [0.2, 0.25) is 5.91 Å². The smallest absolute Gasteiger partial charge is 0.256 e. The average Bonchev–Trinajstić information content (AvgIpc) is 3.63. The fraction of sp³-hybridized carbons (Fsp3) is 0.406. The van der Waals surface area contributed by atoms with Crippen LogP contribution in [-0.2, 0) is 19.6 Å². The van der Waals surface area contributed by atoms with Gasteiger partial charge in [0.25, 0.3) is 10.0 Å². The summed E-state index contributed by atoms with van der Waals surface area (Å²) in [6.45, 7) is 4.21. The van der Waals surface area contributed by atoms with Gasteiger partial charge < -0.3 is 15.1 Å². The molecule has 4 aromatic rings. The lowest BCUT2D eigenvalue weighted by Gasteiger charge is -2.31. The Labute approximate surface area is 272 Å². The second kappa shape index (κ2) is 12.6. The van der Waals surface area contributed by atoms with Crippen molar-refractivity contribution in [3.05, 3.63) is 60.4 Å². The van der Waals surface area contributed by atoms with Crippen LogP contribution in [0.3, 0.4) is 0 Å². The van der Waals surface area contributed by atoms with Crippen LogP contribution in [0.5, 0.6) is 0 Å². The van der Waals surface area contributed by atoms with Crippen molar-refractivity contribution in [2.24, 2.45) is 0 Å². The molecule has 3 fully saturated rings. The third-order valence-corrected chi connectivity index (χ3v) is 10.7. The number of carbonyl (C=O) groups is 2. The molecule has 1 amide bonds. The maximum absolute atomic E-state index is 12.6. The SMILES string of the molecule is CC(=O)N1CCC(n2cc(C#Cc3cnc(Nc4ccnc(-c5cnn(S(=O)(=O)C6CC6)c5)n4)cc3N3CCC(=O)CC3)cn2)CC1. The first-order chi connectivity index (χ1) is 22.7. The van der Waals surface area contributed by atoms with Gasteiger partial charge in [-0.1, -0.05) is 11.8 Å². The number of nitrogens with zero attached hydrogens (tertiary/aromatic N) is 9. The molecule has 2 aliphatic heterocycles. The van der Waals surface area contributed by atoms with E-state index in [9.17, 15) is 18.0 Å². The molecule has 3 aliphatic rings. The lowest BCUT2D eigenvalue weighted by atomic mass is 10.1. The Kier molecular flexibility index (Phi) is 8.19. The highest BCUT2D eigenvalue weighted by atomic mass is 32.2. The van der Waals surface area contributed by atoms with Crippen molar-refractivity contribution >= 4 is 39.0 Å². The molecule has 1 saturated carbocycles. The minimum atomic E-state index is -3.49. The van der Waals surface area contributed by atoms with Gasteiger partial charge in [-0.2, -0.15) is 14.3 Å². The number of hydrogen-bond acceptors (Lipinski definition) is 11. The van der Waals surface area contributed by atoms with Crippen LogP contribution in [0, 0.1) is 11.8 Å². The number of pyridine rings is 1. The number of hydrogen-bond donors (Lipinski definition) is 1. The minimum Gasteiger partial charge on any atom is -0.369 e. The number of likely N-dealkylation sites (tertiary alicyclic amines) is 1. The molecule has 0 unspecified atom stereocenters. The molecule has 7 rings (SSSR count). The molecule has 0 aromatic carbocycles. The molecule has 1 N–H and O–H groups in total. The third-order valence-electron chi connectivity index (χ3n) is 8.71. The van der Waals surface area contributed by atoms with Gasteiger partial charge in [-0.25, -0.2) is 23.4 Å². The topological polar surface area (TPSA) is 161 Å². The van der Waals surface area contributed by atoms with Crippen molar-refractivity contribution in [3.63, 3.8) is 0 Å². The molecule has 242 valence electrons. The highest BCUT2D eigenvalue weighted by Gasteiger charge is 2.37. The van der Waals surface area contributed by atoms with Crippen molar-refractivity contribution in [2.45, 2.75) is 56.7 Å². The van der Waals surface area contributed by atoms with Gasteiger partial charge in [-0.3, -0.25) is 14.3 Å². The van der Waals surface area contributed by atoms with Crippen LogP contribution in [0.4, 0.5) is 17.3 Å². The van der Waals surface area contributed by atoms with Crippen molar-refractivity contribution < 1.29 is 18.0 Å². The molecule has 14 nitrogen and oxygen atoms in total. The average molecular weight is 655 g/mol. The van der Waals surface area contributed by atoms with Crippen LogP contribution in [-0.4, -0.2) is 90.4 Å². The van der Waals surface area contributed by atoms with Gasteiger partial charge in [-0.05, 0) is 31.7 Å². The van der Waals surface area contributed by atoms with Gasteiger partial charge >= 0.3 is 0 Å². The van der Waals surface area contributed by atoms with E-state index in [1.807, 2.05) is 21.8 Å². The number of Topliss-reactive ketones (excluding diaryl/α,β-unsaturated/α-hetero) is 1. The van der Waals surface area contributed by atoms with E-state index in [0.29, 0.717) is 61.8 Å². The van der Waals surface area contributed by atoms with Crippen molar-refractivity contribution in [1.82, 2.24) is 38.8 Å². The van der Waals surface area contributed by atoms with Crippen molar-refractivity contribution in [3.8, 4) is 23.2 Å². The van der Waals surface area contributed by atoms with Gasteiger partial charge in [-0.15, -0.1) is 0 Å². The summed E-state index contributed by atoms with van der Waals surface area (Å²) in [7, 11) is -3.49. The molecule has 0 spiro atoms. The molecule has 1 aliphatic carbocycles. The maximum Gasteiger partial charge on any atom is 0.256 e. The summed E-state index contributed by atoms with van der Waals surface area (Å²) in [5.74, 6) is 8.18. The van der Waals surface area contributed by atoms with Crippen LogP contribution in [0.2, 0.25) is 0 Å². The molecular weight excluding hydrogens is 620 g/mol. The number of rotatable bonds is 7. The summed E-state index contributed by atoms with van der Waals surface area (Å²) < 4.78 is 28.1. The fourth-order valence-electron chi connectivity index (χ4n) is 5.83. The second-order valence-electron chi connectivity index (χ2n) is 12.0. The number of anilines is 3. The Balaban J connectivity index is 1.10. The summed E-state index contributed by atoms with van der Waals surface area (Å²) in [5, 5.41) is 11.4. The highest BCUT2D eigenvalue weighted by molar-refractivity contribution is 7.90.